The lowest BCUT2D eigenvalue weighted by molar-refractivity contribution is -0.120. The van der Waals surface area contributed by atoms with Crippen LogP contribution in [0.25, 0.3) is 10.9 Å². The van der Waals surface area contributed by atoms with Gasteiger partial charge in [-0.15, -0.1) is 0 Å². The molecule has 0 saturated heterocycles. The summed E-state index contributed by atoms with van der Waals surface area (Å²) in [5.74, 6) is 0.626. The summed E-state index contributed by atoms with van der Waals surface area (Å²) in [6, 6.07) is 7.90. The fourth-order valence-corrected chi connectivity index (χ4v) is 2.83. The molecule has 0 saturated carbocycles. The zero-order valence-electron chi connectivity index (χ0n) is 11.2. The molecule has 1 aromatic carbocycles. The molecular weight excluding hydrogens is 254 g/mol. The molecule has 0 bridgehead atoms. The summed E-state index contributed by atoms with van der Waals surface area (Å²) in [6.45, 7) is 0. The van der Waals surface area contributed by atoms with Crippen molar-refractivity contribution in [3.05, 3.63) is 29.5 Å². The fraction of sp³-hybridized carbons (Fsp3) is 0.333. The molecule has 0 spiro atoms. The van der Waals surface area contributed by atoms with E-state index in [1.54, 1.807) is 7.11 Å². The smallest absolute Gasteiger partial charge is 0.234 e. The lowest BCUT2D eigenvalue weighted by Crippen LogP contribution is -2.35. The summed E-state index contributed by atoms with van der Waals surface area (Å²) < 4.78 is 5.26. The molecule has 0 aliphatic heterocycles. The van der Waals surface area contributed by atoms with Gasteiger partial charge < -0.3 is 15.0 Å². The summed E-state index contributed by atoms with van der Waals surface area (Å²) in [6.07, 6.45) is 1.49. The van der Waals surface area contributed by atoms with Crippen LogP contribution in [0, 0.1) is 11.3 Å². The van der Waals surface area contributed by atoms with Crippen molar-refractivity contribution < 1.29 is 9.53 Å². The van der Waals surface area contributed by atoms with Crippen LogP contribution >= 0.6 is 0 Å². The summed E-state index contributed by atoms with van der Waals surface area (Å²) >= 11 is 0. The molecule has 0 fully saturated rings. The van der Waals surface area contributed by atoms with Crippen LogP contribution < -0.4 is 10.1 Å². The minimum atomic E-state index is -0.204. The van der Waals surface area contributed by atoms with E-state index in [0.717, 1.165) is 35.2 Å². The third-order valence-electron chi connectivity index (χ3n) is 3.71. The van der Waals surface area contributed by atoms with Crippen LogP contribution in [0.2, 0.25) is 0 Å². The maximum absolute atomic E-state index is 11.5. The average molecular weight is 269 g/mol. The number of ether oxygens (including phenoxy) is 1. The highest BCUT2D eigenvalue weighted by Crippen LogP contribution is 2.32. The second-order valence-electron chi connectivity index (χ2n) is 5.00. The molecule has 1 heterocycles. The van der Waals surface area contributed by atoms with Gasteiger partial charge in [-0.3, -0.25) is 4.79 Å². The highest BCUT2D eigenvalue weighted by atomic mass is 16.5. The second-order valence-corrected chi connectivity index (χ2v) is 5.00. The van der Waals surface area contributed by atoms with Crippen molar-refractivity contribution in [2.75, 3.05) is 7.11 Å². The number of carbonyl (C=O) groups excluding carboxylic acids is 1. The van der Waals surface area contributed by atoms with Crippen molar-refractivity contribution >= 4 is 16.8 Å². The standard InChI is InChI=1S/C15H15N3O2/c1-20-10-2-3-13-12(8-10)11-6-9(7-14(11)18-13)17-15(19)4-5-16/h2-3,8-9,18H,4,6-7H2,1H3,(H,17,19). The fourth-order valence-electron chi connectivity index (χ4n) is 2.83. The number of aromatic amines is 1. The largest absolute Gasteiger partial charge is 0.497 e. The van der Waals surface area contributed by atoms with Crippen molar-refractivity contribution in [2.45, 2.75) is 25.3 Å². The van der Waals surface area contributed by atoms with E-state index in [9.17, 15) is 4.79 Å². The van der Waals surface area contributed by atoms with Crippen molar-refractivity contribution in [1.29, 1.82) is 5.26 Å². The van der Waals surface area contributed by atoms with Crippen LogP contribution in [0.15, 0.2) is 18.2 Å². The van der Waals surface area contributed by atoms with Gasteiger partial charge >= 0.3 is 0 Å². The van der Waals surface area contributed by atoms with Crippen molar-refractivity contribution in [3.63, 3.8) is 0 Å². The average Bonchev–Trinajstić information content (AvgIpc) is 2.95. The Labute approximate surface area is 116 Å². The number of carbonyl (C=O) groups is 1. The van der Waals surface area contributed by atoms with Crippen LogP contribution in [-0.4, -0.2) is 24.0 Å². The molecule has 102 valence electrons. The quantitative estimate of drug-likeness (QED) is 0.889. The number of hydrogen-bond donors (Lipinski definition) is 2. The second kappa shape index (κ2) is 4.89. The van der Waals surface area contributed by atoms with E-state index in [0.29, 0.717) is 0 Å². The predicted molar refractivity (Wildman–Crippen MR) is 74.4 cm³/mol. The molecule has 2 aromatic rings. The zero-order valence-corrected chi connectivity index (χ0v) is 11.2. The number of nitrogens with zero attached hydrogens (tertiary/aromatic N) is 1. The normalized spacial score (nSPS) is 16.7. The van der Waals surface area contributed by atoms with E-state index in [1.807, 2.05) is 24.3 Å². The molecule has 2 N–H and O–H groups in total. The lowest BCUT2D eigenvalue weighted by Gasteiger charge is -2.10. The highest BCUT2D eigenvalue weighted by molar-refractivity contribution is 5.87. The first-order valence-corrected chi connectivity index (χ1v) is 6.55. The van der Waals surface area contributed by atoms with Crippen molar-refractivity contribution in [2.24, 2.45) is 0 Å². The maximum Gasteiger partial charge on any atom is 0.234 e. The molecule has 5 heteroatoms. The van der Waals surface area contributed by atoms with E-state index in [2.05, 4.69) is 10.3 Å². The third kappa shape index (κ3) is 2.10. The molecule has 0 radical (unpaired) electrons. The Morgan fingerprint density at radius 2 is 2.40 bits per heavy atom. The van der Waals surface area contributed by atoms with Gasteiger partial charge in [-0.1, -0.05) is 0 Å². The van der Waals surface area contributed by atoms with Gasteiger partial charge in [-0.25, -0.2) is 0 Å². The van der Waals surface area contributed by atoms with Gasteiger partial charge in [0.15, 0.2) is 0 Å². The topological polar surface area (TPSA) is 77.9 Å². The summed E-state index contributed by atoms with van der Waals surface area (Å²) in [5, 5.41) is 12.6. The highest BCUT2D eigenvalue weighted by Gasteiger charge is 2.26. The summed E-state index contributed by atoms with van der Waals surface area (Å²) in [7, 11) is 1.65. The van der Waals surface area contributed by atoms with Gasteiger partial charge in [0, 0.05) is 29.1 Å². The molecule has 20 heavy (non-hydrogen) atoms. The SMILES string of the molecule is COc1ccc2[nH]c3c(c2c1)CC(NC(=O)CC#N)C3. The molecule has 1 amide bonds. The Bertz CT molecular complexity index is 712. The Morgan fingerprint density at radius 1 is 1.55 bits per heavy atom. The van der Waals surface area contributed by atoms with E-state index in [1.165, 1.54) is 5.56 Å². The first-order valence-electron chi connectivity index (χ1n) is 6.55. The number of nitriles is 1. The number of amides is 1. The molecule has 1 aliphatic carbocycles. The van der Waals surface area contributed by atoms with Gasteiger partial charge in [0.05, 0.1) is 13.2 Å². The van der Waals surface area contributed by atoms with Gasteiger partial charge in [0.2, 0.25) is 5.91 Å². The Balaban J connectivity index is 1.83. The Morgan fingerprint density at radius 3 is 3.15 bits per heavy atom. The van der Waals surface area contributed by atoms with Crippen LogP contribution in [0.3, 0.4) is 0 Å². The molecule has 1 atom stereocenters. The predicted octanol–water partition coefficient (Wildman–Crippen LogP) is 1.67. The zero-order chi connectivity index (χ0) is 14.1. The molecule has 1 aromatic heterocycles. The number of fused-ring (bicyclic) bond motifs is 3. The van der Waals surface area contributed by atoms with E-state index in [4.69, 9.17) is 10.00 Å². The minimum absolute atomic E-state index is 0.0766. The summed E-state index contributed by atoms with van der Waals surface area (Å²) in [4.78, 5) is 14.9. The molecular formula is C15H15N3O2. The third-order valence-corrected chi connectivity index (χ3v) is 3.71. The first-order chi connectivity index (χ1) is 9.71. The molecule has 1 aliphatic rings. The van der Waals surface area contributed by atoms with Gasteiger partial charge in [-0.2, -0.15) is 5.26 Å². The van der Waals surface area contributed by atoms with Crippen LogP contribution in [0.5, 0.6) is 5.75 Å². The minimum Gasteiger partial charge on any atom is -0.497 e. The Hall–Kier alpha value is -2.48. The molecule has 5 nitrogen and oxygen atoms in total. The van der Waals surface area contributed by atoms with Gasteiger partial charge in [0.25, 0.3) is 0 Å². The number of methoxy groups -OCH3 is 1. The number of hydrogen-bond acceptors (Lipinski definition) is 3. The maximum atomic E-state index is 11.5. The number of nitrogens with one attached hydrogen (secondary N) is 2. The van der Waals surface area contributed by atoms with Crippen LogP contribution in [0.4, 0.5) is 0 Å². The molecule has 3 rings (SSSR count). The number of rotatable bonds is 3. The van der Waals surface area contributed by atoms with Gasteiger partial charge in [-0.05, 0) is 30.2 Å². The van der Waals surface area contributed by atoms with E-state index >= 15 is 0 Å². The lowest BCUT2D eigenvalue weighted by atomic mass is 10.1. The first kappa shape index (κ1) is 12.5. The number of benzene rings is 1. The number of aromatic nitrogens is 1. The van der Waals surface area contributed by atoms with Crippen molar-refractivity contribution in [1.82, 2.24) is 10.3 Å². The molecule has 1 unspecified atom stereocenters. The van der Waals surface area contributed by atoms with Crippen molar-refractivity contribution in [3.8, 4) is 11.8 Å². The van der Waals surface area contributed by atoms with Crippen LogP contribution in [-0.2, 0) is 17.6 Å². The monoisotopic (exact) mass is 269 g/mol. The number of H-pyrrole nitrogens is 1. The van der Waals surface area contributed by atoms with Crippen LogP contribution in [0.1, 0.15) is 17.7 Å². The summed E-state index contributed by atoms with van der Waals surface area (Å²) in [5.41, 5.74) is 3.49. The Kier molecular flexibility index (Phi) is 3.07. The van der Waals surface area contributed by atoms with E-state index in [-0.39, 0.29) is 18.4 Å². The van der Waals surface area contributed by atoms with E-state index < -0.39 is 0 Å². The van der Waals surface area contributed by atoms with Gasteiger partial charge in [0.1, 0.15) is 12.2 Å².